The van der Waals surface area contributed by atoms with Crippen LogP contribution in [-0.4, -0.2) is 43.5 Å². The van der Waals surface area contributed by atoms with Gasteiger partial charge in [-0.1, -0.05) is 0 Å². The summed E-state index contributed by atoms with van der Waals surface area (Å²) in [7, 11) is -2.72. The monoisotopic (exact) mass is 235 g/mol. The van der Waals surface area contributed by atoms with Gasteiger partial charge in [0.1, 0.15) is 9.84 Å². The fourth-order valence-corrected chi connectivity index (χ4v) is 4.07. The van der Waals surface area contributed by atoms with Crippen LogP contribution in [0.1, 0.15) is 19.3 Å². The maximum absolute atomic E-state index is 11.4. The lowest BCUT2D eigenvalue weighted by atomic mass is 10.1. The van der Waals surface area contributed by atoms with Gasteiger partial charge < -0.3 is 5.32 Å². The van der Waals surface area contributed by atoms with Gasteiger partial charge in [-0.3, -0.25) is 0 Å². The Bertz CT molecular complexity index is 285. The summed E-state index contributed by atoms with van der Waals surface area (Å²) < 4.78 is 22.7. The first-order valence-corrected chi connectivity index (χ1v) is 8.17. The first-order valence-electron chi connectivity index (χ1n) is 5.20. The molecule has 2 saturated heterocycles. The number of hydrogen-bond acceptors (Lipinski definition) is 4. The van der Waals surface area contributed by atoms with Crippen molar-refractivity contribution in [1.82, 2.24) is 5.32 Å². The van der Waals surface area contributed by atoms with Crippen molar-refractivity contribution in [3.05, 3.63) is 0 Å². The van der Waals surface area contributed by atoms with Crippen LogP contribution in [0.25, 0.3) is 0 Å². The summed E-state index contributed by atoms with van der Waals surface area (Å²) in [6.07, 6.45) is 2.67. The van der Waals surface area contributed by atoms with Crippen molar-refractivity contribution in [3.8, 4) is 0 Å². The predicted molar refractivity (Wildman–Crippen MR) is 60.5 cm³/mol. The molecule has 2 aliphatic heterocycles. The normalized spacial score (nSPS) is 33.3. The number of sulfone groups is 1. The van der Waals surface area contributed by atoms with Crippen LogP contribution in [-0.2, 0) is 9.84 Å². The Morgan fingerprint density at radius 1 is 1.07 bits per heavy atom. The van der Waals surface area contributed by atoms with Crippen LogP contribution in [0.3, 0.4) is 0 Å². The summed E-state index contributed by atoms with van der Waals surface area (Å²) in [5, 5.41) is 3.55. The first kappa shape index (κ1) is 10.8. The highest BCUT2D eigenvalue weighted by atomic mass is 32.2. The third kappa shape index (κ3) is 2.87. The molecule has 0 aromatic heterocycles. The molecule has 0 aromatic carbocycles. The summed E-state index contributed by atoms with van der Waals surface area (Å²) in [5.74, 6) is 3.17. The Morgan fingerprint density at radius 2 is 1.86 bits per heavy atom. The predicted octanol–water partition coefficient (Wildman–Crippen LogP) is 0.659. The molecule has 0 spiro atoms. The molecule has 1 N–H and O–H groups in total. The Morgan fingerprint density at radius 3 is 2.50 bits per heavy atom. The maximum atomic E-state index is 11.4. The second-order valence-corrected chi connectivity index (χ2v) is 7.56. The van der Waals surface area contributed by atoms with Crippen LogP contribution >= 0.6 is 11.8 Å². The molecule has 0 saturated carbocycles. The molecule has 3 nitrogen and oxygen atoms in total. The molecule has 0 radical (unpaired) electrons. The van der Waals surface area contributed by atoms with Gasteiger partial charge in [-0.05, 0) is 19.3 Å². The minimum atomic E-state index is -2.72. The van der Waals surface area contributed by atoms with Crippen LogP contribution < -0.4 is 5.32 Å². The van der Waals surface area contributed by atoms with Crippen LogP contribution in [0, 0.1) is 0 Å². The van der Waals surface area contributed by atoms with Gasteiger partial charge in [0.15, 0.2) is 0 Å². The Balaban J connectivity index is 1.82. The molecule has 14 heavy (non-hydrogen) atoms. The zero-order valence-electron chi connectivity index (χ0n) is 8.24. The van der Waals surface area contributed by atoms with Crippen molar-refractivity contribution < 1.29 is 8.42 Å². The lowest BCUT2D eigenvalue weighted by Crippen LogP contribution is -2.46. The Hall–Kier alpha value is 0.260. The van der Waals surface area contributed by atoms with Gasteiger partial charge in [0.05, 0.1) is 11.5 Å². The number of thioether (sulfide) groups is 1. The quantitative estimate of drug-likeness (QED) is 0.764. The average Bonchev–Trinajstić information content (AvgIpc) is 2.20. The molecule has 1 atom stereocenters. The lowest BCUT2D eigenvalue weighted by Gasteiger charge is -2.30. The molecule has 1 unspecified atom stereocenters. The summed E-state index contributed by atoms with van der Waals surface area (Å²) in [4.78, 5) is 0. The highest BCUT2D eigenvalue weighted by Crippen LogP contribution is 2.20. The second-order valence-electron chi connectivity index (χ2n) is 4.18. The van der Waals surface area contributed by atoms with E-state index in [-0.39, 0.29) is 0 Å². The first-order chi connectivity index (χ1) is 6.66. The van der Waals surface area contributed by atoms with E-state index in [9.17, 15) is 8.42 Å². The van der Waals surface area contributed by atoms with Crippen molar-refractivity contribution in [3.63, 3.8) is 0 Å². The van der Waals surface area contributed by atoms with Gasteiger partial charge in [0.25, 0.3) is 0 Å². The molecule has 2 rings (SSSR count). The fraction of sp³-hybridized carbons (Fsp3) is 1.00. The van der Waals surface area contributed by atoms with Gasteiger partial charge in [-0.15, -0.1) is 0 Å². The summed E-state index contributed by atoms with van der Waals surface area (Å²) in [5.41, 5.74) is 0. The van der Waals surface area contributed by atoms with E-state index >= 15 is 0 Å². The van der Waals surface area contributed by atoms with E-state index < -0.39 is 9.84 Å². The van der Waals surface area contributed by atoms with E-state index in [0.717, 1.165) is 19.3 Å². The van der Waals surface area contributed by atoms with Crippen LogP contribution in [0.2, 0.25) is 0 Å². The van der Waals surface area contributed by atoms with Gasteiger partial charge in [0.2, 0.25) is 0 Å². The molecule has 2 heterocycles. The van der Waals surface area contributed by atoms with E-state index in [1.54, 1.807) is 0 Å². The van der Waals surface area contributed by atoms with E-state index in [1.807, 2.05) is 11.8 Å². The highest BCUT2D eigenvalue weighted by molar-refractivity contribution is 8.00. The molecule has 2 aliphatic rings. The molecule has 5 heteroatoms. The third-order valence-electron chi connectivity index (χ3n) is 2.89. The molecule has 2 fully saturated rings. The van der Waals surface area contributed by atoms with Crippen LogP contribution in [0.5, 0.6) is 0 Å². The van der Waals surface area contributed by atoms with Crippen molar-refractivity contribution >= 4 is 21.6 Å². The van der Waals surface area contributed by atoms with Crippen molar-refractivity contribution in [1.29, 1.82) is 0 Å². The van der Waals surface area contributed by atoms with Gasteiger partial charge in [-0.2, -0.15) is 11.8 Å². The average molecular weight is 235 g/mol. The third-order valence-corrected chi connectivity index (χ3v) is 5.94. The van der Waals surface area contributed by atoms with Crippen molar-refractivity contribution in [2.75, 3.05) is 23.0 Å². The zero-order valence-corrected chi connectivity index (χ0v) is 9.87. The Kier molecular flexibility index (Phi) is 3.39. The highest BCUT2D eigenvalue weighted by Gasteiger charge is 2.25. The van der Waals surface area contributed by atoms with E-state index in [4.69, 9.17) is 0 Å². The molecule has 0 bridgehead atoms. The van der Waals surface area contributed by atoms with E-state index in [0.29, 0.717) is 23.6 Å². The lowest BCUT2D eigenvalue weighted by molar-refractivity contribution is 0.430. The minimum absolute atomic E-state index is 0.379. The number of nitrogens with one attached hydrogen (secondary N) is 1. The minimum Gasteiger partial charge on any atom is -0.310 e. The number of rotatable bonds is 2. The van der Waals surface area contributed by atoms with Crippen molar-refractivity contribution in [2.24, 2.45) is 0 Å². The Labute approximate surface area is 89.9 Å². The number of hydrogen-bond donors (Lipinski definition) is 1. The second kappa shape index (κ2) is 4.41. The molecule has 0 aliphatic carbocycles. The van der Waals surface area contributed by atoms with Crippen molar-refractivity contribution in [2.45, 2.75) is 31.3 Å². The molecular weight excluding hydrogens is 218 g/mol. The van der Waals surface area contributed by atoms with Gasteiger partial charge >= 0.3 is 0 Å². The smallest absolute Gasteiger partial charge is 0.150 e. The molecule has 0 amide bonds. The molecule has 82 valence electrons. The van der Waals surface area contributed by atoms with Crippen LogP contribution in [0.15, 0.2) is 0 Å². The summed E-state index contributed by atoms with van der Waals surface area (Å²) in [6, 6.07) is 1.09. The summed E-state index contributed by atoms with van der Waals surface area (Å²) in [6.45, 7) is 0. The largest absolute Gasteiger partial charge is 0.310 e. The van der Waals surface area contributed by atoms with E-state index in [2.05, 4.69) is 5.32 Å². The topological polar surface area (TPSA) is 46.2 Å². The summed E-state index contributed by atoms with van der Waals surface area (Å²) >= 11 is 1.96. The molecular formula is C9H17NO2S2. The van der Waals surface area contributed by atoms with Gasteiger partial charge in [-0.25, -0.2) is 8.42 Å². The maximum Gasteiger partial charge on any atom is 0.150 e. The fourth-order valence-electron chi connectivity index (χ4n) is 1.95. The molecule has 0 aromatic rings. The van der Waals surface area contributed by atoms with Gasteiger partial charge in [0, 0.05) is 23.6 Å². The zero-order chi connectivity index (χ0) is 10.0. The van der Waals surface area contributed by atoms with E-state index in [1.165, 1.54) is 11.5 Å². The van der Waals surface area contributed by atoms with Crippen LogP contribution in [0.4, 0.5) is 0 Å². The SMILES string of the molecule is O=S1(=O)CCCC(NC2CSC2)CC1. The standard InChI is InChI=1S/C9H17NO2S2/c11-14(12)4-1-2-8(3-5-14)10-9-6-13-7-9/h8-10H,1-7H2.